The monoisotopic (exact) mass is 786 g/mol. The van der Waals surface area contributed by atoms with Crippen molar-refractivity contribution in [3.63, 3.8) is 0 Å². The van der Waals surface area contributed by atoms with Gasteiger partial charge >= 0.3 is 0 Å². The van der Waals surface area contributed by atoms with Gasteiger partial charge in [0.05, 0.1) is 11.4 Å². The lowest BCUT2D eigenvalue weighted by molar-refractivity contribution is 1.18. The van der Waals surface area contributed by atoms with E-state index in [1.165, 1.54) is 76.1 Å². The molecule has 2 heteroatoms. The minimum absolute atomic E-state index is 0.690. The predicted octanol–water partition coefficient (Wildman–Crippen LogP) is 16.2. The van der Waals surface area contributed by atoms with Crippen molar-refractivity contribution in [3.05, 3.63) is 231 Å². The first-order valence-corrected chi connectivity index (χ1v) is 21.2. The van der Waals surface area contributed by atoms with Crippen molar-refractivity contribution >= 4 is 53.9 Å². The highest BCUT2D eigenvalue weighted by Gasteiger charge is 2.19. The van der Waals surface area contributed by atoms with Crippen LogP contribution in [0, 0.1) is 0 Å². The van der Waals surface area contributed by atoms with Crippen molar-refractivity contribution in [2.24, 2.45) is 0 Å². The first-order chi connectivity index (χ1) is 30.7. The molecule has 0 spiro atoms. The fourth-order valence-electron chi connectivity index (χ4n) is 9.42. The Kier molecular flexibility index (Phi) is 8.53. The standard InChI is InChI=1S/C60H38N2/c1-3-15-39(16-4-1)40-27-29-42(30-28-40)57-38-58(62-60(61-57)43-18-5-2-6-19-43)47-33-46(55-36-44-20-8-11-23-50(44)52-25-13-14-26-53(52)55)34-48(35-47)59-51-24-12-9-21-45(51)37-56-49-22-10-7-17-41(49)31-32-54(56)59/h1-38H. The van der Waals surface area contributed by atoms with Gasteiger partial charge in [-0.25, -0.2) is 9.97 Å². The topological polar surface area (TPSA) is 25.8 Å². The SMILES string of the molecule is c1ccc(-c2ccc(-c3cc(-c4cc(-c5cc6ccccc6c6ccccc56)cc(-c5c6ccccc6cc6c5ccc5ccccc56)c4)nc(-c4ccccc4)n3)cc2)cc1. The second kappa shape index (κ2) is 14.8. The Hall–Kier alpha value is -8.20. The predicted molar refractivity (Wildman–Crippen MR) is 262 cm³/mol. The maximum absolute atomic E-state index is 5.40. The van der Waals surface area contributed by atoms with Gasteiger partial charge in [0.2, 0.25) is 0 Å². The van der Waals surface area contributed by atoms with Crippen LogP contribution in [0.15, 0.2) is 231 Å². The Morgan fingerprint density at radius 3 is 1.45 bits per heavy atom. The van der Waals surface area contributed by atoms with E-state index in [1.54, 1.807) is 0 Å². The molecule has 0 unspecified atom stereocenters. The van der Waals surface area contributed by atoms with E-state index in [9.17, 15) is 0 Å². The lowest BCUT2D eigenvalue weighted by atomic mass is 9.86. The third-order valence-electron chi connectivity index (χ3n) is 12.4. The molecule has 0 radical (unpaired) electrons. The van der Waals surface area contributed by atoms with Crippen molar-refractivity contribution in [2.45, 2.75) is 0 Å². The number of benzene rings is 11. The Bertz CT molecular complexity index is 3670. The maximum Gasteiger partial charge on any atom is 0.160 e. The first-order valence-electron chi connectivity index (χ1n) is 21.2. The summed E-state index contributed by atoms with van der Waals surface area (Å²) in [6, 6.07) is 83.2. The molecule has 1 heterocycles. The molecule has 0 bridgehead atoms. The number of hydrogen-bond acceptors (Lipinski definition) is 2. The van der Waals surface area contributed by atoms with Gasteiger partial charge in [-0.05, 0) is 124 Å². The minimum atomic E-state index is 0.690. The second-order valence-corrected chi connectivity index (χ2v) is 16.1. The Labute approximate surface area is 360 Å². The molecule has 1 aromatic heterocycles. The van der Waals surface area contributed by atoms with E-state index >= 15 is 0 Å². The number of aromatic nitrogens is 2. The normalized spacial score (nSPS) is 11.5. The molecule has 12 rings (SSSR count). The van der Waals surface area contributed by atoms with E-state index in [4.69, 9.17) is 9.97 Å². The zero-order valence-corrected chi connectivity index (χ0v) is 33.8. The average Bonchev–Trinajstić information content (AvgIpc) is 3.35. The first kappa shape index (κ1) is 35.7. The summed E-state index contributed by atoms with van der Waals surface area (Å²) < 4.78 is 0. The van der Waals surface area contributed by atoms with Crippen LogP contribution in [0.2, 0.25) is 0 Å². The molecule has 62 heavy (non-hydrogen) atoms. The maximum atomic E-state index is 5.40. The van der Waals surface area contributed by atoms with Crippen molar-refractivity contribution in [3.8, 4) is 67.3 Å². The van der Waals surface area contributed by atoms with Crippen molar-refractivity contribution in [1.29, 1.82) is 0 Å². The molecule has 0 N–H and O–H groups in total. The fourth-order valence-corrected chi connectivity index (χ4v) is 9.42. The van der Waals surface area contributed by atoms with E-state index in [2.05, 4.69) is 224 Å². The van der Waals surface area contributed by atoms with Gasteiger partial charge in [-0.3, -0.25) is 0 Å². The molecule has 288 valence electrons. The molecule has 2 nitrogen and oxygen atoms in total. The van der Waals surface area contributed by atoms with Crippen LogP contribution in [-0.2, 0) is 0 Å². The van der Waals surface area contributed by atoms with Gasteiger partial charge in [0.1, 0.15) is 0 Å². The summed E-state index contributed by atoms with van der Waals surface area (Å²) >= 11 is 0. The summed E-state index contributed by atoms with van der Waals surface area (Å²) in [5, 5.41) is 12.3. The molecular formula is C60H38N2. The van der Waals surface area contributed by atoms with Crippen LogP contribution in [-0.4, -0.2) is 9.97 Å². The smallest absolute Gasteiger partial charge is 0.160 e. The fraction of sp³-hybridized carbons (Fsp3) is 0. The van der Waals surface area contributed by atoms with E-state index in [0.29, 0.717) is 5.82 Å². The second-order valence-electron chi connectivity index (χ2n) is 16.1. The van der Waals surface area contributed by atoms with Crippen molar-refractivity contribution in [2.75, 3.05) is 0 Å². The lowest BCUT2D eigenvalue weighted by Crippen LogP contribution is -1.97. The highest BCUT2D eigenvalue weighted by Crippen LogP contribution is 2.44. The average molecular weight is 787 g/mol. The molecule has 0 aliphatic carbocycles. The van der Waals surface area contributed by atoms with Gasteiger partial charge in [-0.2, -0.15) is 0 Å². The van der Waals surface area contributed by atoms with Gasteiger partial charge in [0.15, 0.2) is 5.82 Å². The number of rotatable bonds is 6. The van der Waals surface area contributed by atoms with Gasteiger partial charge in [-0.15, -0.1) is 0 Å². The highest BCUT2D eigenvalue weighted by atomic mass is 14.9. The molecule has 0 aliphatic rings. The number of nitrogens with zero attached hydrogens (tertiary/aromatic N) is 2. The van der Waals surface area contributed by atoms with Gasteiger partial charge in [-0.1, -0.05) is 194 Å². The molecule has 0 fully saturated rings. The van der Waals surface area contributed by atoms with Crippen LogP contribution in [0.5, 0.6) is 0 Å². The summed E-state index contributed by atoms with van der Waals surface area (Å²) in [7, 11) is 0. The highest BCUT2D eigenvalue weighted by molar-refractivity contribution is 6.21. The van der Waals surface area contributed by atoms with E-state index < -0.39 is 0 Å². The van der Waals surface area contributed by atoms with Crippen LogP contribution < -0.4 is 0 Å². The largest absolute Gasteiger partial charge is 0.228 e. The minimum Gasteiger partial charge on any atom is -0.228 e. The zero-order valence-electron chi connectivity index (χ0n) is 33.8. The third-order valence-corrected chi connectivity index (χ3v) is 12.4. The molecule has 0 atom stereocenters. The van der Waals surface area contributed by atoms with Crippen molar-refractivity contribution < 1.29 is 0 Å². The van der Waals surface area contributed by atoms with E-state index in [1.807, 2.05) is 6.07 Å². The van der Waals surface area contributed by atoms with E-state index in [0.717, 1.165) is 39.2 Å². The van der Waals surface area contributed by atoms with Crippen LogP contribution in [0.4, 0.5) is 0 Å². The van der Waals surface area contributed by atoms with Gasteiger partial charge < -0.3 is 0 Å². The molecule has 0 aliphatic heterocycles. The number of hydrogen-bond donors (Lipinski definition) is 0. The summed E-state index contributed by atoms with van der Waals surface area (Å²) in [5.74, 6) is 0.690. The lowest BCUT2D eigenvalue weighted by Gasteiger charge is -2.18. The molecule has 12 aromatic rings. The molecule has 0 saturated carbocycles. The molecule has 11 aromatic carbocycles. The summed E-state index contributed by atoms with van der Waals surface area (Å²) in [5.41, 5.74) is 11.8. The summed E-state index contributed by atoms with van der Waals surface area (Å²) in [6.45, 7) is 0. The quantitative estimate of drug-likeness (QED) is 0.124. The number of fused-ring (bicyclic) bond motifs is 7. The molecular weight excluding hydrogens is 749 g/mol. The van der Waals surface area contributed by atoms with Crippen LogP contribution in [0.25, 0.3) is 121 Å². The summed E-state index contributed by atoms with van der Waals surface area (Å²) in [6.07, 6.45) is 0. The van der Waals surface area contributed by atoms with Gasteiger partial charge in [0.25, 0.3) is 0 Å². The van der Waals surface area contributed by atoms with Crippen molar-refractivity contribution in [1.82, 2.24) is 9.97 Å². The Balaban J connectivity index is 1.15. The third kappa shape index (κ3) is 6.20. The van der Waals surface area contributed by atoms with E-state index in [-0.39, 0.29) is 0 Å². The Morgan fingerprint density at radius 2 is 0.726 bits per heavy atom. The molecule has 0 amide bonds. The van der Waals surface area contributed by atoms with Crippen LogP contribution in [0.1, 0.15) is 0 Å². The Morgan fingerprint density at radius 1 is 0.226 bits per heavy atom. The summed E-state index contributed by atoms with van der Waals surface area (Å²) in [4.78, 5) is 10.6. The van der Waals surface area contributed by atoms with Gasteiger partial charge in [0, 0.05) is 16.7 Å². The van der Waals surface area contributed by atoms with Crippen LogP contribution in [0.3, 0.4) is 0 Å². The molecule has 0 saturated heterocycles. The zero-order chi connectivity index (χ0) is 41.0. The van der Waals surface area contributed by atoms with Crippen LogP contribution >= 0.6 is 0 Å².